The average molecular weight is 231 g/mol. The summed E-state index contributed by atoms with van der Waals surface area (Å²) in [5, 5.41) is 0.135. The summed E-state index contributed by atoms with van der Waals surface area (Å²) in [7, 11) is -3.50. The third kappa shape index (κ3) is 2.21. The minimum absolute atomic E-state index is 0.0130. The maximum absolute atomic E-state index is 11.3. The number of carbonyl (C=O) groups excluding carboxylic acids is 1. The SMILES string of the molecule is C=CS(=O)(=O)c1cccc(C(=O)Cl)c1. The molecule has 0 radical (unpaired) electrons. The highest BCUT2D eigenvalue weighted by atomic mass is 35.5. The molecule has 0 aliphatic carbocycles. The van der Waals surface area contributed by atoms with Crippen molar-refractivity contribution in [3.8, 4) is 0 Å². The van der Waals surface area contributed by atoms with E-state index in [-0.39, 0.29) is 10.5 Å². The molecule has 0 aliphatic rings. The van der Waals surface area contributed by atoms with Gasteiger partial charge in [0.25, 0.3) is 5.24 Å². The maximum atomic E-state index is 11.3. The van der Waals surface area contributed by atoms with Crippen molar-refractivity contribution in [3.63, 3.8) is 0 Å². The first-order valence-corrected chi connectivity index (χ1v) is 5.57. The van der Waals surface area contributed by atoms with E-state index in [4.69, 9.17) is 11.6 Å². The maximum Gasteiger partial charge on any atom is 0.252 e. The summed E-state index contributed by atoms with van der Waals surface area (Å²) in [5.74, 6) is 0. The van der Waals surface area contributed by atoms with Crippen molar-refractivity contribution in [2.45, 2.75) is 4.90 Å². The van der Waals surface area contributed by atoms with Gasteiger partial charge in [0.15, 0.2) is 9.84 Å². The predicted octanol–water partition coefficient (Wildman–Crippen LogP) is 1.98. The summed E-state index contributed by atoms with van der Waals surface area (Å²) in [6.45, 7) is 3.18. The van der Waals surface area contributed by atoms with E-state index in [1.807, 2.05) is 0 Å². The van der Waals surface area contributed by atoms with E-state index in [1.165, 1.54) is 24.3 Å². The molecule has 74 valence electrons. The Morgan fingerprint density at radius 1 is 1.43 bits per heavy atom. The second kappa shape index (κ2) is 3.94. The van der Waals surface area contributed by atoms with Gasteiger partial charge in [0.1, 0.15) is 0 Å². The third-order valence-corrected chi connectivity index (χ3v) is 3.18. The first-order chi connectivity index (χ1) is 6.47. The van der Waals surface area contributed by atoms with E-state index in [2.05, 4.69) is 6.58 Å². The van der Waals surface area contributed by atoms with Crippen LogP contribution in [0.2, 0.25) is 0 Å². The number of hydrogen-bond acceptors (Lipinski definition) is 3. The van der Waals surface area contributed by atoms with E-state index < -0.39 is 15.1 Å². The molecular weight excluding hydrogens is 224 g/mol. The zero-order chi connectivity index (χ0) is 10.8. The van der Waals surface area contributed by atoms with Gasteiger partial charge in [0.2, 0.25) is 0 Å². The van der Waals surface area contributed by atoms with Crippen LogP contribution in [0.4, 0.5) is 0 Å². The summed E-state index contributed by atoms with van der Waals surface area (Å²) in [6.07, 6.45) is 0. The van der Waals surface area contributed by atoms with E-state index in [0.29, 0.717) is 0 Å². The van der Waals surface area contributed by atoms with Gasteiger partial charge in [-0.3, -0.25) is 4.79 Å². The quantitative estimate of drug-likeness (QED) is 0.746. The Labute approximate surface area is 86.9 Å². The molecule has 0 bridgehead atoms. The molecule has 0 spiro atoms. The largest absolute Gasteiger partial charge is 0.276 e. The lowest BCUT2D eigenvalue weighted by Gasteiger charge is -1.99. The number of rotatable bonds is 3. The molecule has 14 heavy (non-hydrogen) atoms. The van der Waals surface area contributed by atoms with Crippen LogP contribution < -0.4 is 0 Å². The van der Waals surface area contributed by atoms with Crippen molar-refractivity contribution in [1.29, 1.82) is 0 Å². The lowest BCUT2D eigenvalue weighted by Crippen LogP contribution is -1.98. The molecule has 0 saturated carbocycles. The Hall–Kier alpha value is -1.13. The van der Waals surface area contributed by atoms with Crippen LogP contribution in [0.15, 0.2) is 41.1 Å². The molecule has 0 aliphatic heterocycles. The highest BCUT2D eigenvalue weighted by Gasteiger charge is 2.11. The van der Waals surface area contributed by atoms with Crippen molar-refractivity contribution < 1.29 is 13.2 Å². The molecule has 0 amide bonds. The van der Waals surface area contributed by atoms with E-state index >= 15 is 0 Å². The minimum Gasteiger partial charge on any atom is -0.276 e. The van der Waals surface area contributed by atoms with Crippen molar-refractivity contribution >= 4 is 26.7 Å². The van der Waals surface area contributed by atoms with E-state index in [1.54, 1.807) is 0 Å². The molecule has 0 heterocycles. The van der Waals surface area contributed by atoms with Crippen LogP contribution in [0, 0.1) is 0 Å². The summed E-state index contributed by atoms with van der Waals surface area (Å²) >= 11 is 5.21. The van der Waals surface area contributed by atoms with Crippen molar-refractivity contribution in [1.82, 2.24) is 0 Å². The molecule has 0 saturated heterocycles. The van der Waals surface area contributed by atoms with Crippen LogP contribution in [0.5, 0.6) is 0 Å². The topological polar surface area (TPSA) is 51.2 Å². The predicted molar refractivity (Wildman–Crippen MR) is 54.0 cm³/mol. The fourth-order valence-electron chi connectivity index (χ4n) is 0.892. The van der Waals surface area contributed by atoms with Gasteiger partial charge in [-0.25, -0.2) is 8.42 Å². The Bertz CT molecular complexity index is 477. The van der Waals surface area contributed by atoms with Crippen LogP contribution in [0.25, 0.3) is 0 Å². The lowest BCUT2D eigenvalue weighted by molar-refractivity contribution is 0.108. The molecule has 0 unspecified atom stereocenters. The van der Waals surface area contributed by atoms with Gasteiger partial charge in [-0.05, 0) is 23.7 Å². The van der Waals surface area contributed by atoms with Gasteiger partial charge in [0.05, 0.1) is 4.90 Å². The normalized spacial score (nSPS) is 10.9. The molecule has 1 aromatic carbocycles. The highest BCUT2D eigenvalue weighted by Crippen LogP contribution is 2.14. The standard InChI is InChI=1S/C9H7ClO3S/c1-2-14(12,13)8-5-3-4-7(6-8)9(10)11/h2-6H,1H2. The van der Waals surface area contributed by atoms with Gasteiger partial charge in [-0.2, -0.15) is 0 Å². The summed E-state index contributed by atoms with van der Waals surface area (Å²) in [4.78, 5) is 10.8. The molecule has 1 rings (SSSR count). The third-order valence-electron chi connectivity index (χ3n) is 1.61. The second-order valence-electron chi connectivity index (χ2n) is 2.51. The van der Waals surface area contributed by atoms with Gasteiger partial charge in [0, 0.05) is 11.0 Å². The first kappa shape index (κ1) is 10.9. The Morgan fingerprint density at radius 2 is 2.07 bits per heavy atom. The monoisotopic (exact) mass is 230 g/mol. The van der Waals surface area contributed by atoms with Gasteiger partial charge < -0.3 is 0 Å². The molecule has 0 atom stereocenters. The molecule has 0 fully saturated rings. The summed E-state index contributed by atoms with van der Waals surface area (Å²) in [5.41, 5.74) is 0.148. The molecule has 5 heteroatoms. The van der Waals surface area contributed by atoms with Crippen LogP contribution in [-0.2, 0) is 9.84 Å². The van der Waals surface area contributed by atoms with Crippen molar-refractivity contribution in [2.24, 2.45) is 0 Å². The number of sulfone groups is 1. The lowest BCUT2D eigenvalue weighted by atomic mass is 10.2. The number of carbonyl (C=O) groups is 1. The zero-order valence-electron chi connectivity index (χ0n) is 7.10. The second-order valence-corrected chi connectivity index (χ2v) is 4.75. The van der Waals surface area contributed by atoms with Crippen molar-refractivity contribution in [2.75, 3.05) is 0 Å². The number of benzene rings is 1. The minimum atomic E-state index is -3.50. The Balaban J connectivity index is 3.33. The van der Waals surface area contributed by atoms with E-state index in [9.17, 15) is 13.2 Å². The van der Waals surface area contributed by atoms with Gasteiger partial charge >= 0.3 is 0 Å². The molecule has 0 aromatic heterocycles. The van der Waals surface area contributed by atoms with E-state index in [0.717, 1.165) is 5.41 Å². The van der Waals surface area contributed by atoms with Crippen LogP contribution >= 0.6 is 11.6 Å². The Morgan fingerprint density at radius 3 is 2.57 bits per heavy atom. The smallest absolute Gasteiger partial charge is 0.252 e. The number of halogens is 1. The Kier molecular flexibility index (Phi) is 3.08. The first-order valence-electron chi connectivity index (χ1n) is 3.65. The highest BCUT2D eigenvalue weighted by molar-refractivity contribution is 7.94. The zero-order valence-corrected chi connectivity index (χ0v) is 8.68. The molecule has 1 aromatic rings. The van der Waals surface area contributed by atoms with Crippen molar-refractivity contribution in [3.05, 3.63) is 41.8 Å². The summed E-state index contributed by atoms with van der Waals surface area (Å²) < 4.78 is 22.6. The molecule has 0 N–H and O–H groups in total. The van der Waals surface area contributed by atoms with Crippen LogP contribution in [0.3, 0.4) is 0 Å². The fourth-order valence-corrected chi connectivity index (χ4v) is 1.76. The number of hydrogen-bond donors (Lipinski definition) is 0. The average Bonchev–Trinajstić information content (AvgIpc) is 2.18. The summed E-state index contributed by atoms with van der Waals surface area (Å²) in [6, 6.07) is 5.48. The molecule has 3 nitrogen and oxygen atoms in total. The van der Waals surface area contributed by atoms with Crippen LogP contribution in [-0.4, -0.2) is 13.7 Å². The van der Waals surface area contributed by atoms with Gasteiger partial charge in [-0.1, -0.05) is 18.7 Å². The van der Waals surface area contributed by atoms with Gasteiger partial charge in [-0.15, -0.1) is 0 Å². The molecular formula is C9H7ClO3S. The fraction of sp³-hybridized carbons (Fsp3) is 0. The van der Waals surface area contributed by atoms with Crippen LogP contribution in [0.1, 0.15) is 10.4 Å².